The van der Waals surface area contributed by atoms with E-state index in [1.54, 1.807) is 49.4 Å². The highest BCUT2D eigenvalue weighted by Gasteiger charge is 2.33. The molecule has 3 aromatic rings. The minimum atomic E-state index is -4.15. The zero-order valence-electron chi connectivity index (χ0n) is 24.2. The van der Waals surface area contributed by atoms with Gasteiger partial charge in [0.05, 0.1) is 10.6 Å². The maximum absolute atomic E-state index is 14.1. The van der Waals surface area contributed by atoms with E-state index in [1.165, 1.54) is 17.0 Å². The van der Waals surface area contributed by atoms with Gasteiger partial charge in [-0.3, -0.25) is 13.9 Å². The number of hydrogen-bond donors (Lipinski definition) is 1. The summed E-state index contributed by atoms with van der Waals surface area (Å²) in [7, 11) is -4.15. The molecule has 0 saturated carbocycles. The number of halogens is 2. The van der Waals surface area contributed by atoms with E-state index in [2.05, 4.69) is 5.32 Å². The van der Waals surface area contributed by atoms with Gasteiger partial charge in [0.25, 0.3) is 10.0 Å². The highest BCUT2D eigenvalue weighted by Crippen LogP contribution is 2.29. The molecule has 0 aliphatic carbocycles. The molecule has 0 radical (unpaired) electrons. The molecule has 0 saturated heterocycles. The summed E-state index contributed by atoms with van der Waals surface area (Å²) in [5.74, 6) is -0.746. The molecule has 10 heteroatoms. The molecular weight excluding hydrogens is 581 g/mol. The van der Waals surface area contributed by atoms with Crippen molar-refractivity contribution in [3.63, 3.8) is 0 Å². The Hall–Kier alpha value is -3.07. The van der Waals surface area contributed by atoms with Crippen molar-refractivity contribution in [3.8, 4) is 0 Å². The molecule has 0 spiro atoms. The zero-order chi connectivity index (χ0) is 30.5. The lowest BCUT2D eigenvalue weighted by atomic mass is 10.1. The number of hydrogen-bond acceptors (Lipinski definition) is 4. The third-order valence-electron chi connectivity index (χ3n) is 6.91. The molecule has 2 amide bonds. The minimum Gasteiger partial charge on any atom is -0.354 e. The number of amides is 2. The van der Waals surface area contributed by atoms with Crippen molar-refractivity contribution in [1.82, 2.24) is 10.2 Å². The summed E-state index contributed by atoms with van der Waals surface area (Å²) in [5.41, 5.74) is 3.57. The fraction of sp³-hybridized carbons (Fsp3) is 0.355. The standard InChI is InChI=1S/C31H37Cl2N3O4S/c1-20(2)17-34-31(38)24(6)35(18-27-28(32)8-7-9-29(27)33)30(37)19-36(25-13-12-22(4)23(5)16-25)41(39,40)26-14-10-21(3)11-15-26/h7-16,20,24H,17-19H2,1-6H3,(H,34,38)/t24-/m0/s1. The molecule has 3 rings (SSSR count). The Morgan fingerprint density at radius 2 is 1.49 bits per heavy atom. The molecule has 7 nitrogen and oxygen atoms in total. The van der Waals surface area contributed by atoms with Crippen molar-refractivity contribution >= 4 is 50.7 Å². The molecule has 41 heavy (non-hydrogen) atoms. The summed E-state index contributed by atoms with van der Waals surface area (Å²) >= 11 is 12.9. The van der Waals surface area contributed by atoms with Crippen LogP contribution in [0.1, 0.15) is 43.0 Å². The molecule has 1 N–H and O–H groups in total. The van der Waals surface area contributed by atoms with E-state index in [4.69, 9.17) is 23.2 Å². The molecule has 3 aromatic carbocycles. The Kier molecular flexibility index (Phi) is 10.9. The fourth-order valence-electron chi connectivity index (χ4n) is 4.14. The van der Waals surface area contributed by atoms with E-state index >= 15 is 0 Å². The van der Waals surface area contributed by atoms with E-state index in [1.807, 2.05) is 40.7 Å². The van der Waals surface area contributed by atoms with Crippen molar-refractivity contribution in [2.45, 2.75) is 59.0 Å². The highest BCUT2D eigenvalue weighted by atomic mass is 35.5. The Balaban J connectivity index is 2.08. The van der Waals surface area contributed by atoms with Gasteiger partial charge in [0.15, 0.2) is 0 Å². The molecule has 0 unspecified atom stereocenters. The van der Waals surface area contributed by atoms with Gasteiger partial charge in [-0.15, -0.1) is 0 Å². The van der Waals surface area contributed by atoms with Crippen LogP contribution in [0.15, 0.2) is 65.6 Å². The van der Waals surface area contributed by atoms with Crippen molar-refractivity contribution in [3.05, 3.63) is 93.0 Å². The second-order valence-corrected chi connectivity index (χ2v) is 13.3. The molecule has 220 valence electrons. The van der Waals surface area contributed by atoms with Gasteiger partial charge in [0, 0.05) is 28.7 Å². The van der Waals surface area contributed by atoms with E-state index in [0.717, 1.165) is 21.0 Å². The Morgan fingerprint density at radius 1 is 0.878 bits per heavy atom. The quantitative estimate of drug-likeness (QED) is 0.273. The van der Waals surface area contributed by atoms with Crippen molar-refractivity contribution in [2.24, 2.45) is 5.92 Å². The van der Waals surface area contributed by atoms with Gasteiger partial charge in [0.2, 0.25) is 11.8 Å². The van der Waals surface area contributed by atoms with Gasteiger partial charge >= 0.3 is 0 Å². The van der Waals surface area contributed by atoms with E-state index in [-0.39, 0.29) is 23.3 Å². The summed E-state index contributed by atoms with van der Waals surface area (Å²) in [6, 6.07) is 15.7. The summed E-state index contributed by atoms with van der Waals surface area (Å²) in [4.78, 5) is 28.6. The number of carbonyl (C=O) groups is 2. The highest BCUT2D eigenvalue weighted by molar-refractivity contribution is 7.92. The number of sulfonamides is 1. The zero-order valence-corrected chi connectivity index (χ0v) is 26.6. The Labute approximate surface area is 253 Å². The number of nitrogens with one attached hydrogen (secondary N) is 1. The second-order valence-electron chi connectivity index (χ2n) is 10.6. The van der Waals surface area contributed by atoms with E-state index in [9.17, 15) is 18.0 Å². The molecule has 0 aliphatic rings. The van der Waals surface area contributed by atoms with Gasteiger partial charge in [-0.05, 0) is 81.1 Å². The Bertz CT molecular complexity index is 1490. The molecule has 0 aliphatic heterocycles. The number of anilines is 1. The first-order chi connectivity index (χ1) is 19.2. The largest absolute Gasteiger partial charge is 0.354 e. The van der Waals surface area contributed by atoms with E-state index < -0.39 is 28.5 Å². The van der Waals surface area contributed by atoms with E-state index in [0.29, 0.717) is 27.8 Å². The second kappa shape index (κ2) is 13.7. The maximum atomic E-state index is 14.1. The van der Waals surface area contributed by atoms with Crippen LogP contribution in [-0.2, 0) is 26.2 Å². The van der Waals surface area contributed by atoms with Crippen LogP contribution < -0.4 is 9.62 Å². The number of carbonyl (C=O) groups excluding carboxylic acids is 2. The summed E-state index contributed by atoms with van der Waals surface area (Å²) in [6.07, 6.45) is 0. The van der Waals surface area contributed by atoms with Gasteiger partial charge in [0.1, 0.15) is 12.6 Å². The van der Waals surface area contributed by atoms with Crippen molar-refractivity contribution in [1.29, 1.82) is 0 Å². The number of nitrogens with zero attached hydrogens (tertiary/aromatic N) is 2. The van der Waals surface area contributed by atoms with Gasteiger partial charge < -0.3 is 10.2 Å². The maximum Gasteiger partial charge on any atom is 0.264 e. The lowest BCUT2D eigenvalue weighted by molar-refractivity contribution is -0.139. The predicted molar refractivity (Wildman–Crippen MR) is 166 cm³/mol. The number of rotatable bonds is 11. The minimum absolute atomic E-state index is 0.0533. The van der Waals surface area contributed by atoms with Crippen LogP contribution in [-0.4, -0.2) is 44.3 Å². The first-order valence-corrected chi connectivity index (χ1v) is 15.6. The van der Waals surface area contributed by atoms with Gasteiger partial charge in [-0.2, -0.15) is 0 Å². The lowest BCUT2D eigenvalue weighted by Gasteiger charge is -2.32. The molecule has 0 fully saturated rings. The predicted octanol–water partition coefficient (Wildman–Crippen LogP) is 6.30. The Morgan fingerprint density at radius 3 is 2.05 bits per heavy atom. The lowest BCUT2D eigenvalue weighted by Crippen LogP contribution is -2.51. The van der Waals surface area contributed by atoms with Gasteiger partial charge in [-0.1, -0.05) is 66.9 Å². The SMILES string of the molecule is Cc1ccc(S(=O)(=O)N(CC(=O)N(Cc2c(Cl)cccc2Cl)[C@@H](C)C(=O)NCC(C)C)c2ccc(C)c(C)c2)cc1. The monoisotopic (exact) mass is 617 g/mol. The third kappa shape index (κ3) is 8.03. The van der Waals surface area contributed by atoms with Gasteiger partial charge in [-0.25, -0.2) is 8.42 Å². The average Bonchev–Trinajstić information content (AvgIpc) is 2.91. The first kappa shape index (κ1) is 32.4. The van der Waals surface area contributed by atoms with Crippen molar-refractivity contribution < 1.29 is 18.0 Å². The van der Waals surface area contributed by atoms with Crippen LogP contribution in [0.4, 0.5) is 5.69 Å². The summed E-state index contributed by atoms with van der Waals surface area (Å²) in [5, 5.41) is 3.53. The summed E-state index contributed by atoms with van der Waals surface area (Å²) in [6.45, 7) is 11.0. The van der Waals surface area contributed by atoms with Crippen LogP contribution in [0.25, 0.3) is 0 Å². The first-order valence-electron chi connectivity index (χ1n) is 13.4. The summed E-state index contributed by atoms with van der Waals surface area (Å²) < 4.78 is 29.0. The normalized spacial score (nSPS) is 12.2. The molecule has 0 bridgehead atoms. The van der Waals surface area contributed by atoms with Crippen molar-refractivity contribution in [2.75, 3.05) is 17.4 Å². The molecule has 1 atom stereocenters. The van der Waals surface area contributed by atoms with Crippen LogP contribution in [0, 0.1) is 26.7 Å². The third-order valence-corrected chi connectivity index (χ3v) is 9.40. The average molecular weight is 619 g/mol. The molecule has 0 aromatic heterocycles. The van der Waals surface area contributed by atoms with Crippen LogP contribution in [0.3, 0.4) is 0 Å². The van der Waals surface area contributed by atoms with Crippen LogP contribution in [0.2, 0.25) is 10.0 Å². The number of aryl methyl sites for hydroxylation is 3. The topological polar surface area (TPSA) is 86.8 Å². The number of benzene rings is 3. The smallest absolute Gasteiger partial charge is 0.264 e. The van der Waals surface area contributed by atoms with Crippen LogP contribution in [0.5, 0.6) is 0 Å². The fourth-order valence-corrected chi connectivity index (χ4v) is 6.06. The van der Waals surface area contributed by atoms with Crippen LogP contribution >= 0.6 is 23.2 Å². The molecular formula is C31H37Cl2N3O4S. The molecule has 0 heterocycles.